The molecule has 0 radical (unpaired) electrons. The summed E-state index contributed by atoms with van der Waals surface area (Å²) in [6.07, 6.45) is 32.6. The molecule has 0 spiro atoms. The van der Waals surface area contributed by atoms with Gasteiger partial charge >= 0.3 is 0 Å². The van der Waals surface area contributed by atoms with Crippen LogP contribution >= 0.6 is 0 Å². The van der Waals surface area contributed by atoms with Crippen LogP contribution in [0.5, 0.6) is 5.75 Å². The summed E-state index contributed by atoms with van der Waals surface area (Å²) < 4.78 is 6.29. The molecule has 4 unspecified atom stereocenters. The second-order valence-electron chi connectivity index (χ2n) is 13.5. The molecule has 0 fully saturated rings. The van der Waals surface area contributed by atoms with Gasteiger partial charge in [0.2, 0.25) is 0 Å². The summed E-state index contributed by atoms with van der Waals surface area (Å²) in [5.74, 6) is 3.75. The van der Waals surface area contributed by atoms with E-state index in [9.17, 15) is 0 Å². The fraction of sp³-hybridized carbons (Fsp3) is 0.302. The molecule has 1 aliphatic heterocycles. The molecule has 3 aromatic rings. The number of rotatable bonds is 5. The Morgan fingerprint density at radius 2 is 1.69 bits per heavy atom. The van der Waals surface area contributed by atoms with Gasteiger partial charge in [0, 0.05) is 22.9 Å². The summed E-state index contributed by atoms with van der Waals surface area (Å²) in [5, 5.41) is 2.58. The largest absolute Gasteiger partial charge is 0.460 e. The van der Waals surface area contributed by atoms with Crippen molar-refractivity contribution in [3.05, 3.63) is 156 Å². The molecule has 0 bridgehead atoms. The van der Waals surface area contributed by atoms with Gasteiger partial charge in [-0.25, -0.2) is 0 Å². The average Bonchev–Trinajstić information content (AvgIpc) is 3.18. The average molecular weight is 590 g/mol. The van der Waals surface area contributed by atoms with E-state index in [0.29, 0.717) is 17.8 Å². The molecule has 0 amide bonds. The zero-order valence-electron chi connectivity index (χ0n) is 26.3. The number of benzene rings is 3. The smallest absolute Gasteiger partial charge is 0.131 e. The van der Waals surface area contributed by atoms with Crippen molar-refractivity contribution in [3.8, 4) is 5.75 Å². The Bertz CT molecular complexity index is 1810. The first kappa shape index (κ1) is 28.2. The Morgan fingerprint density at radius 3 is 2.56 bits per heavy atom. The van der Waals surface area contributed by atoms with Crippen LogP contribution < -0.4 is 9.64 Å². The number of nitrogens with zero attached hydrogens (tertiary/aromatic N) is 1. The van der Waals surface area contributed by atoms with Gasteiger partial charge in [-0.05, 0) is 103 Å². The topological polar surface area (TPSA) is 12.5 Å². The zero-order valence-corrected chi connectivity index (χ0v) is 26.3. The highest BCUT2D eigenvalue weighted by Crippen LogP contribution is 2.44. The normalized spacial score (nSPS) is 27.3. The van der Waals surface area contributed by atoms with E-state index in [1.165, 1.54) is 59.0 Å². The van der Waals surface area contributed by atoms with Crippen molar-refractivity contribution < 1.29 is 4.74 Å². The number of ether oxygens (including phenoxy) is 1. The van der Waals surface area contributed by atoms with Gasteiger partial charge in [0.25, 0.3) is 0 Å². The first-order valence-corrected chi connectivity index (χ1v) is 17.1. The molecule has 4 aliphatic carbocycles. The zero-order chi connectivity index (χ0) is 30.2. The molecule has 45 heavy (non-hydrogen) atoms. The van der Waals surface area contributed by atoms with Gasteiger partial charge in [-0.15, -0.1) is 0 Å². The maximum absolute atomic E-state index is 6.29. The maximum atomic E-state index is 6.29. The molecular formula is C43H43NO. The van der Waals surface area contributed by atoms with Crippen LogP contribution in [0.15, 0.2) is 150 Å². The van der Waals surface area contributed by atoms with Gasteiger partial charge in [0.05, 0.1) is 12.0 Å². The van der Waals surface area contributed by atoms with E-state index < -0.39 is 0 Å². The Kier molecular flexibility index (Phi) is 7.67. The van der Waals surface area contributed by atoms with Crippen molar-refractivity contribution in [1.29, 1.82) is 0 Å². The van der Waals surface area contributed by atoms with Crippen LogP contribution in [-0.4, -0.2) is 6.04 Å². The number of allylic oxidation sites excluding steroid dienone is 11. The molecule has 0 aromatic heterocycles. The summed E-state index contributed by atoms with van der Waals surface area (Å²) in [7, 11) is 0. The van der Waals surface area contributed by atoms with Gasteiger partial charge < -0.3 is 9.64 Å². The van der Waals surface area contributed by atoms with Crippen LogP contribution in [0.2, 0.25) is 0 Å². The second kappa shape index (κ2) is 12.2. The fourth-order valence-electron chi connectivity index (χ4n) is 8.16. The molecule has 2 heteroatoms. The van der Waals surface area contributed by atoms with Gasteiger partial charge in [0.15, 0.2) is 0 Å². The fourth-order valence-corrected chi connectivity index (χ4v) is 8.16. The van der Waals surface area contributed by atoms with Crippen molar-refractivity contribution >= 4 is 16.5 Å². The monoisotopic (exact) mass is 589 g/mol. The van der Waals surface area contributed by atoms with E-state index in [-0.39, 0.29) is 12.0 Å². The van der Waals surface area contributed by atoms with E-state index in [4.69, 9.17) is 4.74 Å². The van der Waals surface area contributed by atoms with Crippen molar-refractivity contribution in [2.45, 2.75) is 63.8 Å². The Morgan fingerprint density at radius 1 is 0.800 bits per heavy atom. The predicted molar refractivity (Wildman–Crippen MR) is 188 cm³/mol. The highest BCUT2D eigenvalue weighted by molar-refractivity contribution is 5.86. The van der Waals surface area contributed by atoms with Crippen LogP contribution in [0.4, 0.5) is 5.69 Å². The van der Waals surface area contributed by atoms with E-state index in [2.05, 4.69) is 139 Å². The van der Waals surface area contributed by atoms with Crippen LogP contribution in [0, 0.1) is 17.8 Å². The lowest BCUT2D eigenvalue weighted by atomic mass is 9.81. The lowest BCUT2D eigenvalue weighted by Crippen LogP contribution is -2.35. The van der Waals surface area contributed by atoms with Crippen molar-refractivity contribution in [1.82, 2.24) is 0 Å². The Balaban J connectivity index is 1.12. The molecule has 0 N–H and O–H groups in total. The first-order chi connectivity index (χ1) is 22.2. The Hall–Kier alpha value is -4.30. The molecule has 0 saturated carbocycles. The quantitative estimate of drug-likeness (QED) is 0.275. The number of fused-ring (bicyclic) bond motifs is 4. The lowest BCUT2D eigenvalue weighted by Gasteiger charge is -2.37. The second-order valence-corrected chi connectivity index (χ2v) is 13.5. The minimum atomic E-state index is 0.198. The molecule has 1 heterocycles. The minimum absolute atomic E-state index is 0.198. The third kappa shape index (κ3) is 5.56. The van der Waals surface area contributed by atoms with Gasteiger partial charge in [-0.1, -0.05) is 110 Å². The van der Waals surface area contributed by atoms with Crippen LogP contribution in [0.3, 0.4) is 0 Å². The van der Waals surface area contributed by atoms with E-state index >= 15 is 0 Å². The molecule has 5 atom stereocenters. The van der Waals surface area contributed by atoms with Gasteiger partial charge in [-0.2, -0.15) is 0 Å². The van der Waals surface area contributed by atoms with Crippen molar-refractivity contribution in [2.24, 2.45) is 17.8 Å². The first-order valence-electron chi connectivity index (χ1n) is 17.1. The molecule has 226 valence electrons. The molecule has 2 nitrogen and oxygen atoms in total. The third-order valence-electron chi connectivity index (χ3n) is 10.7. The number of anilines is 1. The van der Waals surface area contributed by atoms with Crippen LogP contribution in [-0.2, 0) is 0 Å². The van der Waals surface area contributed by atoms with Gasteiger partial charge in [0.1, 0.15) is 11.5 Å². The predicted octanol–water partition coefficient (Wildman–Crippen LogP) is 11.1. The number of hydrogen-bond donors (Lipinski definition) is 0. The molecule has 0 saturated heterocycles. The summed E-state index contributed by atoms with van der Waals surface area (Å²) in [4.78, 5) is 2.63. The molecule has 3 aromatic carbocycles. The minimum Gasteiger partial charge on any atom is -0.460 e. The third-order valence-corrected chi connectivity index (χ3v) is 10.7. The van der Waals surface area contributed by atoms with E-state index in [1.807, 2.05) is 0 Å². The highest BCUT2D eigenvalue weighted by Gasteiger charge is 2.33. The van der Waals surface area contributed by atoms with Gasteiger partial charge in [-0.3, -0.25) is 0 Å². The molecule has 8 rings (SSSR count). The summed E-state index contributed by atoms with van der Waals surface area (Å²) >= 11 is 0. The standard InChI is InChI=1S/C43H43NO/c1-30-10-9-15-37(29-41(30)34-21-26-40-39-16-7-8-17-42(39)45-43(40)27-22-34)44(38-25-20-32-13-5-6-14-35(32)28-38)36-23-18-33(19-24-36)31-11-3-2-4-12-31/h5-9,11,13-18,20-28,30,33,37,40-41H,2-4,10,12,19,29H2,1H3/t30?,33?,37?,40-,41?/m0/s1. The van der Waals surface area contributed by atoms with Crippen LogP contribution in [0.25, 0.3) is 10.8 Å². The lowest BCUT2D eigenvalue weighted by molar-refractivity contribution is 0.390. The summed E-state index contributed by atoms with van der Waals surface area (Å²) in [6, 6.07) is 24.5. The van der Waals surface area contributed by atoms with E-state index in [0.717, 1.165) is 30.8 Å². The van der Waals surface area contributed by atoms with Crippen molar-refractivity contribution in [3.63, 3.8) is 0 Å². The number of hydrogen-bond acceptors (Lipinski definition) is 2. The molecule has 5 aliphatic rings. The number of para-hydroxylation sites is 1. The van der Waals surface area contributed by atoms with E-state index in [1.54, 1.807) is 5.57 Å². The van der Waals surface area contributed by atoms with Crippen molar-refractivity contribution in [2.75, 3.05) is 4.90 Å². The summed E-state index contributed by atoms with van der Waals surface area (Å²) in [6.45, 7) is 2.43. The highest BCUT2D eigenvalue weighted by atomic mass is 16.5. The van der Waals surface area contributed by atoms with Crippen LogP contribution in [0.1, 0.15) is 63.4 Å². The maximum Gasteiger partial charge on any atom is 0.131 e. The SMILES string of the molecule is CC1CC=CC(N(C2=CCC(C3=CCCCC3)C=C2)c2ccc3ccccc3c2)CC1C1=CC=C2Oc3ccccc3[C@@H]2C=C1. The Labute approximate surface area is 268 Å². The summed E-state index contributed by atoms with van der Waals surface area (Å²) in [5.41, 5.74) is 6.92. The molecular weight excluding hydrogens is 546 g/mol.